The molecule has 1 N–H and O–H groups in total. The Balaban J connectivity index is 2.19. The lowest BCUT2D eigenvalue weighted by molar-refractivity contribution is -0.112. The predicted molar refractivity (Wildman–Crippen MR) is 75.3 cm³/mol. The topological polar surface area (TPSA) is 46.2 Å². The van der Waals surface area contributed by atoms with Crippen LogP contribution in [0.3, 0.4) is 0 Å². The van der Waals surface area contributed by atoms with Crippen molar-refractivity contribution in [2.45, 2.75) is 13.8 Å². The summed E-state index contributed by atoms with van der Waals surface area (Å²) < 4.78 is 13.0. The van der Waals surface area contributed by atoms with Crippen molar-refractivity contribution >= 4 is 17.4 Å². The summed E-state index contributed by atoms with van der Waals surface area (Å²) in [6.45, 7) is 3.68. The maximum Gasteiger partial charge on any atom is 0.296 e. The van der Waals surface area contributed by atoms with Crippen molar-refractivity contribution in [2.75, 3.05) is 5.32 Å². The van der Waals surface area contributed by atoms with Gasteiger partial charge in [0.1, 0.15) is 5.82 Å². The molecule has 0 unspecified atom stereocenters. The van der Waals surface area contributed by atoms with Crippen LogP contribution in [0.2, 0.25) is 0 Å². The quantitative estimate of drug-likeness (QED) is 0.688. The van der Waals surface area contributed by atoms with Crippen LogP contribution < -0.4 is 5.32 Å². The second kappa shape index (κ2) is 5.65. The minimum absolute atomic E-state index is 0.258. The number of nitrogens with one attached hydrogen (secondary N) is 1. The zero-order valence-corrected chi connectivity index (χ0v) is 11.2. The summed E-state index contributed by atoms with van der Waals surface area (Å²) in [5, 5.41) is 2.39. The first-order valence-electron chi connectivity index (χ1n) is 6.16. The predicted octanol–water partition coefficient (Wildman–Crippen LogP) is 3.26. The molecule has 102 valence electrons. The lowest BCUT2D eigenvalue weighted by atomic mass is 10.0. The van der Waals surface area contributed by atoms with Crippen molar-refractivity contribution in [1.29, 1.82) is 0 Å². The van der Waals surface area contributed by atoms with Gasteiger partial charge in [-0.3, -0.25) is 9.59 Å². The molecule has 0 bridgehead atoms. The Morgan fingerprint density at radius 3 is 2.45 bits per heavy atom. The molecule has 0 saturated carbocycles. The molecular formula is C16H14FNO2. The summed E-state index contributed by atoms with van der Waals surface area (Å²) >= 11 is 0. The Hall–Kier alpha value is -2.49. The van der Waals surface area contributed by atoms with Crippen LogP contribution in [0.15, 0.2) is 42.5 Å². The van der Waals surface area contributed by atoms with E-state index < -0.39 is 17.5 Å². The summed E-state index contributed by atoms with van der Waals surface area (Å²) in [5.74, 6) is -1.88. The molecule has 2 rings (SSSR count). The van der Waals surface area contributed by atoms with Gasteiger partial charge in [0, 0.05) is 11.3 Å². The van der Waals surface area contributed by atoms with Gasteiger partial charge in [-0.1, -0.05) is 29.8 Å². The monoisotopic (exact) mass is 271 g/mol. The van der Waals surface area contributed by atoms with E-state index in [9.17, 15) is 14.0 Å². The van der Waals surface area contributed by atoms with Crippen LogP contribution in [-0.4, -0.2) is 11.7 Å². The highest BCUT2D eigenvalue weighted by Crippen LogP contribution is 2.13. The molecule has 2 aromatic carbocycles. The summed E-state index contributed by atoms with van der Waals surface area (Å²) in [4.78, 5) is 23.9. The number of carbonyl (C=O) groups excluding carboxylic acids is 2. The number of anilines is 1. The zero-order valence-electron chi connectivity index (χ0n) is 11.2. The van der Waals surface area contributed by atoms with E-state index in [4.69, 9.17) is 0 Å². The third-order valence-electron chi connectivity index (χ3n) is 2.92. The Kier molecular flexibility index (Phi) is 3.94. The van der Waals surface area contributed by atoms with Crippen molar-refractivity contribution in [3.05, 3.63) is 65.0 Å². The SMILES string of the molecule is Cc1ccc(C(=O)C(=O)Nc2cccc(F)c2)c(C)c1. The molecule has 0 atom stereocenters. The van der Waals surface area contributed by atoms with E-state index in [1.807, 2.05) is 13.0 Å². The van der Waals surface area contributed by atoms with Crippen LogP contribution >= 0.6 is 0 Å². The lowest BCUT2D eigenvalue weighted by Gasteiger charge is -2.07. The van der Waals surface area contributed by atoms with Crippen molar-refractivity contribution in [2.24, 2.45) is 0 Å². The van der Waals surface area contributed by atoms with Gasteiger partial charge in [0.15, 0.2) is 0 Å². The molecule has 0 aliphatic heterocycles. The number of halogens is 1. The lowest BCUT2D eigenvalue weighted by Crippen LogP contribution is -2.23. The van der Waals surface area contributed by atoms with Crippen molar-refractivity contribution in [1.82, 2.24) is 0 Å². The molecule has 0 aliphatic carbocycles. The van der Waals surface area contributed by atoms with Gasteiger partial charge in [0.25, 0.3) is 11.7 Å². The first kappa shape index (κ1) is 13.9. The highest BCUT2D eigenvalue weighted by molar-refractivity contribution is 6.46. The van der Waals surface area contributed by atoms with Crippen LogP contribution in [0.1, 0.15) is 21.5 Å². The molecule has 0 radical (unpaired) electrons. The van der Waals surface area contributed by atoms with Gasteiger partial charge < -0.3 is 5.32 Å². The molecule has 3 nitrogen and oxygen atoms in total. The molecule has 0 aliphatic rings. The fourth-order valence-corrected chi connectivity index (χ4v) is 1.94. The molecule has 20 heavy (non-hydrogen) atoms. The Morgan fingerprint density at radius 1 is 1.05 bits per heavy atom. The fraction of sp³-hybridized carbons (Fsp3) is 0.125. The average Bonchev–Trinajstić information content (AvgIpc) is 2.38. The summed E-state index contributed by atoms with van der Waals surface area (Å²) in [6, 6.07) is 10.6. The van der Waals surface area contributed by atoms with E-state index in [0.717, 1.165) is 17.2 Å². The third kappa shape index (κ3) is 3.09. The van der Waals surface area contributed by atoms with Crippen molar-refractivity contribution < 1.29 is 14.0 Å². The number of rotatable bonds is 3. The van der Waals surface area contributed by atoms with Crippen LogP contribution in [0, 0.1) is 19.7 Å². The van der Waals surface area contributed by atoms with Crippen LogP contribution in [0.5, 0.6) is 0 Å². The minimum Gasteiger partial charge on any atom is -0.319 e. The first-order valence-corrected chi connectivity index (χ1v) is 6.16. The van der Waals surface area contributed by atoms with Gasteiger partial charge >= 0.3 is 0 Å². The zero-order chi connectivity index (χ0) is 14.7. The van der Waals surface area contributed by atoms with E-state index in [-0.39, 0.29) is 5.69 Å². The van der Waals surface area contributed by atoms with E-state index >= 15 is 0 Å². The number of aryl methyl sites for hydroxylation is 2. The number of amides is 1. The van der Waals surface area contributed by atoms with Gasteiger partial charge in [-0.25, -0.2) is 4.39 Å². The number of carbonyl (C=O) groups is 2. The van der Waals surface area contributed by atoms with Gasteiger partial charge in [-0.15, -0.1) is 0 Å². The summed E-state index contributed by atoms with van der Waals surface area (Å²) in [7, 11) is 0. The molecule has 0 fully saturated rings. The number of benzene rings is 2. The summed E-state index contributed by atoms with van der Waals surface area (Å²) in [5.41, 5.74) is 2.37. The van der Waals surface area contributed by atoms with Gasteiger partial charge in [-0.05, 0) is 37.6 Å². The molecule has 1 amide bonds. The molecule has 0 heterocycles. The van der Waals surface area contributed by atoms with Crippen molar-refractivity contribution in [3.63, 3.8) is 0 Å². The van der Waals surface area contributed by atoms with Gasteiger partial charge in [-0.2, -0.15) is 0 Å². The summed E-state index contributed by atoms with van der Waals surface area (Å²) in [6.07, 6.45) is 0. The molecule has 0 spiro atoms. The van der Waals surface area contributed by atoms with Crippen LogP contribution in [0.25, 0.3) is 0 Å². The molecule has 2 aromatic rings. The molecule has 4 heteroatoms. The minimum atomic E-state index is -0.775. The van der Waals surface area contributed by atoms with E-state index in [2.05, 4.69) is 5.32 Å². The van der Waals surface area contributed by atoms with Crippen molar-refractivity contribution in [3.8, 4) is 0 Å². The van der Waals surface area contributed by atoms with E-state index in [1.165, 1.54) is 18.2 Å². The fourth-order valence-electron chi connectivity index (χ4n) is 1.94. The number of Topliss-reactive ketones (excluding diaryl/α,β-unsaturated/α-hetero) is 1. The van der Waals surface area contributed by atoms with Gasteiger partial charge in [0.05, 0.1) is 0 Å². The smallest absolute Gasteiger partial charge is 0.296 e. The standard InChI is InChI=1S/C16H14FNO2/c1-10-6-7-14(11(2)8-10)15(19)16(20)18-13-5-3-4-12(17)9-13/h3-9H,1-2H3,(H,18,20). The number of hydrogen-bond acceptors (Lipinski definition) is 2. The average molecular weight is 271 g/mol. The Morgan fingerprint density at radius 2 is 1.80 bits per heavy atom. The van der Waals surface area contributed by atoms with E-state index in [0.29, 0.717) is 5.56 Å². The highest BCUT2D eigenvalue weighted by Gasteiger charge is 2.18. The Bertz CT molecular complexity index is 680. The van der Waals surface area contributed by atoms with Crippen LogP contribution in [-0.2, 0) is 4.79 Å². The normalized spacial score (nSPS) is 10.2. The number of hydrogen-bond donors (Lipinski definition) is 1. The maximum atomic E-state index is 13.0. The largest absolute Gasteiger partial charge is 0.319 e. The van der Waals surface area contributed by atoms with Crippen LogP contribution in [0.4, 0.5) is 10.1 Å². The maximum absolute atomic E-state index is 13.0. The molecule has 0 aromatic heterocycles. The Labute approximate surface area is 116 Å². The molecule has 0 saturated heterocycles. The second-order valence-corrected chi connectivity index (χ2v) is 4.61. The van der Waals surface area contributed by atoms with E-state index in [1.54, 1.807) is 19.1 Å². The highest BCUT2D eigenvalue weighted by atomic mass is 19.1. The molecular weight excluding hydrogens is 257 g/mol. The first-order chi connectivity index (χ1) is 9.47. The second-order valence-electron chi connectivity index (χ2n) is 4.61. The van der Waals surface area contributed by atoms with Gasteiger partial charge in [0.2, 0.25) is 0 Å². The third-order valence-corrected chi connectivity index (χ3v) is 2.92. The number of ketones is 1.